The minimum absolute atomic E-state index is 0.196. The molecule has 38 heavy (non-hydrogen) atoms. The smallest absolute Gasteiger partial charge is 0.338 e. The monoisotopic (exact) mass is 542 g/mol. The van der Waals surface area contributed by atoms with Crippen molar-refractivity contribution in [3.05, 3.63) is 12.7 Å². The Kier molecular flexibility index (Phi) is 8.11. The van der Waals surface area contributed by atoms with Crippen molar-refractivity contribution < 1.29 is 48.6 Å². The van der Waals surface area contributed by atoms with Gasteiger partial charge in [-0.25, -0.2) is 4.79 Å². The molecule has 1 aliphatic heterocycles. The molecular formula is C28H46O10. The highest BCUT2D eigenvalue weighted by Crippen LogP contribution is 2.67. The fourth-order valence-corrected chi connectivity index (χ4v) is 7.14. The molecule has 0 bridgehead atoms. The maximum absolute atomic E-state index is 14.0. The second kappa shape index (κ2) is 9.90. The molecule has 3 aliphatic rings. The third-order valence-electron chi connectivity index (χ3n) is 9.51. The van der Waals surface area contributed by atoms with Gasteiger partial charge >= 0.3 is 5.97 Å². The lowest BCUT2D eigenvalue weighted by molar-refractivity contribution is -0.371. The number of rotatable bonds is 8. The molecule has 9 atom stereocenters. The van der Waals surface area contributed by atoms with Gasteiger partial charge in [-0.05, 0) is 52.9 Å². The van der Waals surface area contributed by atoms with Gasteiger partial charge in [0.25, 0.3) is 0 Å². The number of hydrogen-bond acceptors (Lipinski definition) is 10. The van der Waals surface area contributed by atoms with Crippen LogP contribution in [-0.4, -0.2) is 88.0 Å². The average molecular weight is 543 g/mol. The van der Waals surface area contributed by atoms with E-state index in [1.54, 1.807) is 20.8 Å². The summed E-state index contributed by atoms with van der Waals surface area (Å²) in [4.78, 5) is 27.4. The molecular weight excluding hydrogens is 496 g/mol. The van der Waals surface area contributed by atoms with E-state index in [2.05, 4.69) is 6.58 Å². The van der Waals surface area contributed by atoms with Crippen LogP contribution in [0.5, 0.6) is 0 Å². The first-order valence-electron chi connectivity index (χ1n) is 13.2. The Morgan fingerprint density at radius 3 is 2.39 bits per heavy atom. The SMILES string of the molecule is C=C[C@@]1(C)CC(=O)[C@]2(O)[C@@]3(C)[C@@H](O)CCC(C)(C)[C@@H]3[C@H](O)[C@H](OC(=O)C(C)(C)OCOC(C)OC)[C@@]2(C)O1. The van der Waals surface area contributed by atoms with Crippen LogP contribution < -0.4 is 0 Å². The summed E-state index contributed by atoms with van der Waals surface area (Å²) in [6, 6.07) is 0. The van der Waals surface area contributed by atoms with Crippen LogP contribution in [0.1, 0.15) is 74.7 Å². The largest absolute Gasteiger partial charge is 0.454 e. The van der Waals surface area contributed by atoms with Gasteiger partial charge in [0, 0.05) is 24.9 Å². The molecule has 3 N–H and O–H groups in total. The van der Waals surface area contributed by atoms with Gasteiger partial charge in [0.15, 0.2) is 36.2 Å². The Morgan fingerprint density at radius 1 is 1.24 bits per heavy atom. The summed E-state index contributed by atoms with van der Waals surface area (Å²) in [5, 5.41) is 35.8. The maximum atomic E-state index is 14.0. The number of ether oxygens (including phenoxy) is 5. The summed E-state index contributed by atoms with van der Waals surface area (Å²) in [6.45, 7) is 16.7. The number of aliphatic hydroxyl groups is 3. The van der Waals surface area contributed by atoms with Gasteiger partial charge in [-0.1, -0.05) is 26.8 Å². The Morgan fingerprint density at radius 2 is 1.84 bits per heavy atom. The third kappa shape index (κ3) is 4.46. The number of ketones is 1. The highest BCUT2D eigenvalue weighted by atomic mass is 16.8. The minimum atomic E-state index is -2.30. The van der Waals surface area contributed by atoms with E-state index in [9.17, 15) is 24.9 Å². The number of carbonyl (C=O) groups excluding carboxylic acids is 2. The third-order valence-corrected chi connectivity index (χ3v) is 9.51. The van der Waals surface area contributed by atoms with Gasteiger partial charge in [0.05, 0.1) is 17.8 Å². The van der Waals surface area contributed by atoms with Gasteiger partial charge in [0.2, 0.25) is 0 Å². The second-order valence-electron chi connectivity index (χ2n) is 12.9. The fraction of sp³-hybridized carbons (Fsp3) is 0.857. The Labute approximate surface area is 225 Å². The highest BCUT2D eigenvalue weighted by molar-refractivity contribution is 5.92. The topological polar surface area (TPSA) is 141 Å². The zero-order chi connectivity index (χ0) is 29.1. The molecule has 10 heteroatoms. The van der Waals surface area contributed by atoms with E-state index in [0.29, 0.717) is 12.8 Å². The molecule has 1 unspecified atom stereocenters. The van der Waals surface area contributed by atoms with E-state index < -0.39 is 75.5 Å². The highest BCUT2D eigenvalue weighted by Gasteiger charge is 2.81. The van der Waals surface area contributed by atoms with Crippen LogP contribution in [0, 0.1) is 16.7 Å². The molecule has 0 aromatic heterocycles. The van der Waals surface area contributed by atoms with Gasteiger partial charge < -0.3 is 39.0 Å². The number of hydrogen-bond donors (Lipinski definition) is 3. The molecule has 0 amide bonds. The number of aliphatic hydroxyl groups excluding tert-OH is 2. The average Bonchev–Trinajstić information content (AvgIpc) is 2.81. The van der Waals surface area contributed by atoms with Gasteiger partial charge in [0.1, 0.15) is 5.60 Å². The molecule has 0 aromatic carbocycles. The lowest BCUT2D eigenvalue weighted by Gasteiger charge is -2.71. The van der Waals surface area contributed by atoms with Crippen LogP contribution in [0.2, 0.25) is 0 Å². The molecule has 0 spiro atoms. The van der Waals surface area contributed by atoms with E-state index in [-0.39, 0.29) is 13.2 Å². The van der Waals surface area contributed by atoms with Crippen molar-refractivity contribution in [2.45, 2.75) is 122 Å². The van der Waals surface area contributed by atoms with Crippen LogP contribution in [0.15, 0.2) is 12.7 Å². The summed E-state index contributed by atoms with van der Waals surface area (Å²) in [7, 11) is 1.47. The predicted molar refractivity (Wildman–Crippen MR) is 137 cm³/mol. The first-order valence-corrected chi connectivity index (χ1v) is 13.2. The molecule has 3 rings (SSSR count). The number of carbonyl (C=O) groups is 2. The predicted octanol–water partition coefficient (Wildman–Crippen LogP) is 2.26. The molecule has 3 fully saturated rings. The summed E-state index contributed by atoms with van der Waals surface area (Å²) >= 11 is 0. The Hall–Kier alpha value is -1.40. The van der Waals surface area contributed by atoms with Gasteiger partial charge in [-0.2, -0.15) is 0 Å². The van der Waals surface area contributed by atoms with Crippen molar-refractivity contribution in [2.75, 3.05) is 13.9 Å². The minimum Gasteiger partial charge on any atom is -0.454 e. The van der Waals surface area contributed by atoms with E-state index in [1.807, 2.05) is 13.8 Å². The van der Waals surface area contributed by atoms with Crippen molar-refractivity contribution in [2.24, 2.45) is 16.7 Å². The Balaban J connectivity index is 2.11. The Bertz CT molecular complexity index is 948. The van der Waals surface area contributed by atoms with Crippen molar-refractivity contribution in [3.63, 3.8) is 0 Å². The van der Waals surface area contributed by atoms with E-state index in [0.717, 1.165) is 0 Å². The zero-order valence-corrected chi connectivity index (χ0v) is 24.2. The van der Waals surface area contributed by atoms with Crippen molar-refractivity contribution in [1.29, 1.82) is 0 Å². The maximum Gasteiger partial charge on any atom is 0.338 e. The molecule has 0 aromatic rings. The quantitative estimate of drug-likeness (QED) is 0.238. The van der Waals surface area contributed by atoms with Gasteiger partial charge in [-0.15, -0.1) is 6.58 Å². The number of Topliss-reactive ketones (excluding diaryl/α,β-unsaturated/α-hetero) is 1. The zero-order valence-electron chi connectivity index (χ0n) is 24.2. The van der Waals surface area contributed by atoms with Crippen LogP contribution in [0.4, 0.5) is 0 Å². The standard InChI is InChI=1S/C28H46O10/c1-11-25(7)14-18(30)28(33)26(8)17(29)12-13-23(3,4)20(26)19(31)21(27(28,9)38-25)37-22(32)24(5,6)36-15-35-16(2)34-10/h11,16-17,19-21,29,31,33H,1,12-15H2,2-10H3/t16?,17-,19-,20-,21-,25-,26-,27+,28-/m0/s1. The molecule has 10 nitrogen and oxygen atoms in total. The summed E-state index contributed by atoms with van der Waals surface area (Å²) in [5.74, 6) is -2.23. The molecule has 2 aliphatic carbocycles. The normalized spacial score (nSPS) is 43.5. The second-order valence-corrected chi connectivity index (χ2v) is 12.9. The van der Waals surface area contributed by atoms with E-state index >= 15 is 0 Å². The van der Waals surface area contributed by atoms with E-state index in [1.165, 1.54) is 34.0 Å². The molecule has 0 radical (unpaired) electrons. The number of esters is 1. The lowest BCUT2D eigenvalue weighted by Crippen LogP contribution is -2.86. The molecule has 1 heterocycles. The van der Waals surface area contributed by atoms with Crippen molar-refractivity contribution >= 4 is 11.8 Å². The number of fused-ring (bicyclic) bond motifs is 3. The van der Waals surface area contributed by atoms with Crippen LogP contribution in [0.3, 0.4) is 0 Å². The first-order chi connectivity index (χ1) is 17.3. The van der Waals surface area contributed by atoms with E-state index in [4.69, 9.17) is 23.7 Å². The fourth-order valence-electron chi connectivity index (χ4n) is 7.14. The molecule has 1 saturated heterocycles. The summed E-state index contributed by atoms with van der Waals surface area (Å²) < 4.78 is 28.3. The number of methoxy groups -OCH3 is 1. The van der Waals surface area contributed by atoms with Crippen LogP contribution in [-0.2, 0) is 33.3 Å². The molecule has 218 valence electrons. The summed E-state index contributed by atoms with van der Waals surface area (Å²) in [5.41, 5.74) is -9.08. The lowest BCUT2D eigenvalue weighted by atomic mass is 9.40. The van der Waals surface area contributed by atoms with Crippen LogP contribution >= 0.6 is 0 Å². The van der Waals surface area contributed by atoms with Crippen molar-refractivity contribution in [1.82, 2.24) is 0 Å². The first kappa shape index (κ1) is 31.1. The van der Waals surface area contributed by atoms with Crippen LogP contribution in [0.25, 0.3) is 0 Å². The van der Waals surface area contributed by atoms with Crippen molar-refractivity contribution in [3.8, 4) is 0 Å². The summed E-state index contributed by atoms with van der Waals surface area (Å²) in [6.07, 6.45) is -2.43. The molecule has 2 saturated carbocycles. The van der Waals surface area contributed by atoms with Gasteiger partial charge in [-0.3, -0.25) is 4.79 Å².